The van der Waals surface area contributed by atoms with Crippen LogP contribution >= 0.6 is 0 Å². The molecular formula is C10H10F2O2. The van der Waals surface area contributed by atoms with E-state index in [0.29, 0.717) is 5.56 Å². The first-order valence-corrected chi connectivity index (χ1v) is 4.06. The van der Waals surface area contributed by atoms with Gasteiger partial charge in [0.15, 0.2) is 0 Å². The van der Waals surface area contributed by atoms with Crippen molar-refractivity contribution in [3.05, 3.63) is 34.9 Å². The number of benzene rings is 1. The van der Waals surface area contributed by atoms with Crippen LogP contribution in [0, 0.1) is 18.6 Å². The second-order valence-electron chi connectivity index (χ2n) is 2.95. The monoisotopic (exact) mass is 200 g/mol. The lowest BCUT2D eigenvalue weighted by Gasteiger charge is -2.04. The second-order valence-corrected chi connectivity index (χ2v) is 2.95. The van der Waals surface area contributed by atoms with E-state index < -0.39 is 17.6 Å². The van der Waals surface area contributed by atoms with Gasteiger partial charge in [0.05, 0.1) is 13.5 Å². The first-order valence-electron chi connectivity index (χ1n) is 4.06. The van der Waals surface area contributed by atoms with Crippen molar-refractivity contribution in [3.63, 3.8) is 0 Å². The highest BCUT2D eigenvalue weighted by molar-refractivity contribution is 5.72. The second kappa shape index (κ2) is 4.17. The molecule has 14 heavy (non-hydrogen) atoms. The van der Waals surface area contributed by atoms with E-state index in [1.54, 1.807) is 0 Å². The third-order valence-corrected chi connectivity index (χ3v) is 1.89. The minimum atomic E-state index is -0.724. The Bertz CT molecular complexity index is 361. The number of hydrogen-bond acceptors (Lipinski definition) is 2. The molecule has 0 radical (unpaired) electrons. The molecule has 1 aromatic rings. The molecule has 0 bridgehead atoms. The summed E-state index contributed by atoms with van der Waals surface area (Å²) < 4.78 is 30.3. The standard InChI is InChI=1S/C10H10F2O2/c1-6-3-7(4-10(13)14-2)9(12)5-8(6)11/h3,5H,4H2,1-2H3. The summed E-state index contributed by atoms with van der Waals surface area (Å²) in [6.45, 7) is 1.51. The van der Waals surface area contributed by atoms with Crippen LogP contribution in [0.2, 0.25) is 0 Å². The molecule has 0 saturated carbocycles. The van der Waals surface area contributed by atoms with Crippen LogP contribution in [0.5, 0.6) is 0 Å². The van der Waals surface area contributed by atoms with Gasteiger partial charge in [-0.15, -0.1) is 0 Å². The molecule has 1 rings (SSSR count). The van der Waals surface area contributed by atoms with Crippen LogP contribution in [0.4, 0.5) is 8.78 Å². The van der Waals surface area contributed by atoms with E-state index in [1.165, 1.54) is 20.1 Å². The highest BCUT2D eigenvalue weighted by Gasteiger charge is 2.10. The molecule has 0 aliphatic carbocycles. The molecule has 1 aromatic carbocycles. The van der Waals surface area contributed by atoms with Crippen molar-refractivity contribution in [1.29, 1.82) is 0 Å². The fraction of sp³-hybridized carbons (Fsp3) is 0.300. The molecule has 76 valence electrons. The van der Waals surface area contributed by atoms with Crippen molar-refractivity contribution in [2.24, 2.45) is 0 Å². The zero-order valence-corrected chi connectivity index (χ0v) is 7.93. The molecule has 0 N–H and O–H groups in total. The maximum Gasteiger partial charge on any atom is 0.310 e. The van der Waals surface area contributed by atoms with Crippen LogP contribution in [0.1, 0.15) is 11.1 Å². The Hall–Kier alpha value is -1.45. The van der Waals surface area contributed by atoms with Gasteiger partial charge >= 0.3 is 5.97 Å². The Morgan fingerprint density at radius 2 is 2.00 bits per heavy atom. The van der Waals surface area contributed by atoms with Crippen molar-refractivity contribution in [1.82, 2.24) is 0 Å². The summed E-state index contributed by atoms with van der Waals surface area (Å²) in [7, 11) is 1.22. The minimum absolute atomic E-state index is 0.149. The summed E-state index contributed by atoms with van der Waals surface area (Å²) in [5.74, 6) is -1.88. The molecule has 2 nitrogen and oxygen atoms in total. The van der Waals surface area contributed by atoms with Gasteiger partial charge in [-0.05, 0) is 24.1 Å². The van der Waals surface area contributed by atoms with E-state index in [4.69, 9.17) is 0 Å². The average molecular weight is 200 g/mol. The van der Waals surface area contributed by atoms with Crippen molar-refractivity contribution < 1.29 is 18.3 Å². The van der Waals surface area contributed by atoms with Crippen molar-refractivity contribution in [3.8, 4) is 0 Å². The Labute approximate surface area is 80.5 Å². The normalized spacial score (nSPS) is 10.0. The van der Waals surface area contributed by atoms with Crippen LogP contribution < -0.4 is 0 Å². The molecule has 0 aromatic heterocycles. The van der Waals surface area contributed by atoms with Crippen LogP contribution in [0.15, 0.2) is 12.1 Å². The molecule has 0 aliphatic heterocycles. The Morgan fingerprint density at radius 1 is 1.36 bits per heavy atom. The van der Waals surface area contributed by atoms with E-state index in [9.17, 15) is 13.6 Å². The number of rotatable bonds is 2. The lowest BCUT2D eigenvalue weighted by Crippen LogP contribution is -2.07. The quantitative estimate of drug-likeness (QED) is 0.682. The molecule has 0 amide bonds. The zero-order valence-electron chi connectivity index (χ0n) is 7.93. The van der Waals surface area contributed by atoms with E-state index in [0.717, 1.165) is 6.07 Å². The van der Waals surface area contributed by atoms with Gasteiger partial charge in [0.25, 0.3) is 0 Å². The van der Waals surface area contributed by atoms with Crippen molar-refractivity contribution in [2.75, 3.05) is 7.11 Å². The number of aryl methyl sites for hydroxylation is 1. The van der Waals surface area contributed by atoms with Gasteiger partial charge in [0, 0.05) is 6.07 Å². The summed E-state index contributed by atoms with van der Waals surface area (Å²) in [5, 5.41) is 0. The average Bonchev–Trinajstić information content (AvgIpc) is 2.14. The maximum atomic E-state index is 13.1. The minimum Gasteiger partial charge on any atom is -0.469 e. The molecule has 0 aliphatic rings. The number of methoxy groups -OCH3 is 1. The molecule has 0 spiro atoms. The summed E-state index contributed by atoms with van der Waals surface area (Å²) >= 11 is 0. The lowest BCUT2D eigenvalue weighted by atomic mass is 10.1. The number of hydrogen-bond donors (Lipinski definition) is 0. The SMILES string of the molecule is COC(=O)Cc1cc(C)c(F)cc1F. The first kappa shape index (κ1) is 10.6. The predicted octanol–water partition coefficient (Wildman–Crippen LogP) is 1.99. The van der Waals surface area contributed by atoms with E-state index >= 15 is 0 Å². The third-order valence-electron chi connectivity index (χ3n) is 1.89. The molecule has 4 heteroatoms. The largest absolute Gasteiger partial charge is 0.469 e. The molecule has 0 atom stereocenters. The summed E-state index contributed by atoms with van der Waals surface area (Å²) in [5.41, 5.74) is 0.459. The number of carbonyl (C=O) groups is 1. The summed E-state index contributed by atoms with van der Waals surface area (Å²) in [4.78, 5) is 10.8. The predicted molar refractivity (Wildman–Crippen MR) is 46.8 cm³/mol. The Morgan fingerprint density at radius 3 is 2.57 bits per heavy atom. The van der Waals surface area contributed by atoms with Crippen LogP contribution in [-0.4, -0.2) is 13.1 Å². The number of carbonyl (C=O) groups excluding carboxylic acids is 1. The van der Waals surface area contributed by atoms with E-state index in [-0.39, 0.29) is 12.0 Å². The first-order chi connectivity index (χ1) is 6.54. The molecule has 0 saturated heterocycles. The van der Waals surface area contributed by atoms with Gasteiger partial charge in [-0.1, -0.05) is 0 Å². The highest BCUT2D eigenvalue weighted by atomic mass is 19.1. The van der Waals surface area contributed by atoms with Crippen molar-refractivity contribution in [2.45, 2.75) is 13.3 Å². The summed E-state index contributed by atoms with van der Waals surface area (Å²) in [6.07, 6.45) is -0.177. The lowest BCUT2D eigenvalue weighted by molar-refractivity contribution is -0.139. The topological polar surface area (TPSA) is 26.3 Å². The molecule has 0 heterocycles. The number of esters is 1. The van der Waals surface area contributed by atoms with Gasteiger partial charge < -0.3 is 4.74 Å². The zero-order chi connectivity index (χ0) is 10.7. The van der Waals surface area contributed by atoms with Gasteiger partial charge in [0.1, 0.15) is 11.6 Å². The van der Waals surface area contributed by atoms with E-state index in [2.05, 4.69) is 4.74 Å². The fourth-order valence-corrected chi connectivity index (χ4v) is 1.08. The van der Waals surface area contributed by atoms with Crippen LogP contribution in [-0.2, 0) is 16.0 Å². The molecule has 0 unspecified atom stereocenters. The fourth-order valence-electron chi connectivity index (χ4n) is 1.08. The highest BCUT2D eigenvalue weighted by Crippen LogP contribution is 2.14. The Kier molecular flexibility index (Phi) is 3.17. The van der Waals surface area contributed by atoms with Gasteiger partial charge in [-0.2, -0.15) is 0 Å². The van der Waals surface area contributed by atoms with Gasteiger partial charge in [-0.3, -0.25) is 4.79 Å². The Balaban J connectivity index is 2.98. The van der Waals surface area contributed by atoms with Crippen molar-refractivity contribution >= 4 is 5.97 Å². The maximum absolute atomic E-state index is 13.1. The molecular weight excluding hydrogens is 190 g/mol. The molecule has 0 fully saturated rings. The number of halogens is 2. The number of ether oxygens (including phenoxy) is 1. The van der Waals surface area contributed by atoms with Crippen LogP contribution in [0.25, 0.3) is 0 Å². The third kappa shape index (κ3) is 2.28. The van der Waals surface area contributed by atoms with E-state index in [1.807, 2.05) is 0 Å². The van der Waals surface area contributed by atoms with Gasteiger partial charge in [0.2, 0.25) is 0 Å². The van der Waals surface area contributed by atoms with Gasteiger partial charge in [-0.25, -0.2) is 8.78 Å². The van der Waals surface area contributed by atoms with Crippen LogP contribution in [0.3, 0.4) is 0 Å². The smallest absolute Gasteiger partial charge is 0.310 e. The summed E-state index contributed by atoms with van der Waals surface area (Å²) in [6, 6.07) is 2.08.